The maximum absolute atomic E-state index is 12.9. The Bertz CT molecular complexity index is 1050. The molecular formula is C20H24N4O3. The largest absolute Gasteiger partial charge is 0.330 e. The Morgan fingerprint density at radius 3 is 2.63 bits per heavy atom. The molecule has 1 N–H and O–H groups in total. The lowest BCUT2D eigenvalue weighted by Crippen LogP contribution is -2.35. The molecule has 0 aliphatic carbocycles. The molecule has 27 heavy (non-hydrogen) atoms. The van der Waals surface area contributed by atoms with Crippen LogP contribution in [0.4, 0.5) is 0 Å². The summed E-state index contributed by atoms with van der Waals surface area (Å²) in [6.07, 6.45) is 3.79. The highest BCUT2D eigenvalue weighted by Gasteiger charge is 2.14. The van der Waals surface area contributed by atoms with Gasteiger partial charge in [-0.2, -0.15) is 0 Å². The summed E-state index contributed by atoms with van der Waals surface area (Å²) in [7, 11) is 0. The van der Waals surface area contributed by atoms with E-state index in [1.54, 1.807) is 17.8 Å². The van der Waals surface area contributed by atoms with Crippen LogP contribution in [0.15, 0.2) is 46.2 Å². The van der Waals surface area contributed by atoms with Crippen molar-refractivity contribution in [3.63, 3.8) is 0 Å². The molecule has 7 heteroatoms. The molecule has 3 aromatic rings. The van der Waals surface area contributed by atoms with Crippen molar-refractivity contribution in [2.45, 2.75) is 46.2 Å². The van der Waals surface area contributed by atoms with Gasteiger partial charge in [0.25, 0.3) is 5.56 Å². The summed E-state index contributed by atoms with van der Waals surface area (Å²) in [4.78, 5) is 43.3. The number of hydrogen-bond acceptors (Lipinski definition) is 4. The van der Waals surface area contributed by atoms with Crippen LogP contribution in [0.25, 0.3) is 11.2 Å². The van der Waals surface area contributed by atoms with Gasteiger partial charge in [0, 0.05) is 19.0 Å². The van der Waals surface area contributed by atoms with Gasteiger partial charge in [0.15, 0.2) is 11.2 Å². The fourth-order valence-corrected chi connectivity index (χ4v) is 3.11. The highest BCUT2D eigenvalue weighted by Crippen LogP contribution is 2.10. The van der Waals surface area contributed by atoms with Crippen LogP contribution in [-0.2, 0) is 17.9 Å². The molecule has 0 saturated carbocycles. The van der Waals surface area contributed by atoms with E-state index in [0.29, 0.717) is 30.7 Å². The second-order valence-electron chi connectivity index (χ2n) is 6.95. The van der Waals surface area contributed by atoms with E-state index in [9.17, 15) is 14.4 Å². The number of carbonyl (C=O) groups is 1. The van der Waals surface area contributed by atoms with Gasteiger partial charge >= 0.3 is 5.69 Å². The summed E-state index contributed by atoms with van der Waals surface area (Å²) in [6.45, 7) is 4.32. The number of nitrogens with one attached hydrogen (secondary N) is 1. The minimum Gasteiger partial charge on any atom is -0.320 e. The first-order valence-corrected chi connectivity index (χ1v) is 9.19. The number of hydrogen-bond donors (Lipinski definition) is 1. The minimum absolute atomic E-state index is 0.00907. The first-order valence-electron chi connectivity index (χ1n) is 9.19. The van der Waals surface area contributed by atoms with Crippen LogP contribution in [0.3, 0.4) is 0 Å². The molecule has 1 unspecified atom stereocenters. The van der Waals surface area contributed by atoms with Crippen LogP contribution in [0.2, 0.25) is 0 Å². The molecule has 0 bridgehead atoms. The monoisotopic (exact) mass is 368 g/mol. The normalized spacial score (nSPS) is 12.4. The first kappa shape index (κ1) is 18.8. The second-order valence-corrected chi connectivity index (χ2v) is 6.95. The zero-order chi connectivity index (χ0) is 19.4. The van der Waals surface area contributed by atoms with Gasteiger partial charge < -0.3 is 4.57 Å². The van der Waals surface area contributed by atoms with Crippen LogP contribution in [0.1, 0.15) is 38.7 Å². The third-order valence-electron chi connectivity index (χ3n) is 4.91. The molecule has 1 atom stereocenters. The van der Waals surface area contributed by atoms with Gasteiger partial charge in [-0.3, -0.25) is 19.1 Å². The molecule has 1 aromatic carbocycles. The smallest absolute Gasteiger partial charge is 0.320 e. The van der Waals surface area contributed by atoms with E-state index in [4.69, 9.17) is 0 Å². The number of carbonyl (C=O) groups excluding carboxylic acids is 1. The van der Waals surface area contributed by atoms with Gasteiger partial charge in [0.1, 0.15) is 5.78 Å². The molecule has 0 radical (unpaired) electrons. The number of ketones is 1. The number of aromatic amines is 1. The van der Waals surface area contributed by atoms with Crippen molar-refractivity contribution < 1.29 is 4.79 Å². The SMILES string of the molecule is CC(=O)C(C)CCCCn1c(=O)[nH]c2ncn(Cc3ccccc3)c2c1=O. The van der Waals surface area contributed by atoms with E-state index >= 15 is 0 Å². The zero-order valence-corrected chi connectivity index (χ0v) is 15.6. The number of aromatic nitrogens is 4. The molecule has 0 amide bonds. The zero-order valence-electron chi connectivity index (χ0n) is 15.6. The van der Waals surface area contributed by atoms with Crippen molar-refractivity contribution in [2.24, 2.45) is 5.92 Å². The van der Waals surface area contributed by atoms with Crippen molar-refractivity contribution >= 4 is 16.9 Å². The fraction of sp³-hybridized carbons (Fsp3) is 0.400. The van der Waals surface area contributed by atoms with Gasteiger partial charge in [0.05, 0.1) is 6.33 Å². The van der Waals surface area contributed by atoms with E-state index in [0.717, 1.165) is 18.4 Å². The predicted octanol–water partition coefficient (Wildman–Crippen LogP) is 2.33. The van der Waals surface area contributed by atoms with Crippen LogP contribution in [0.5, 0.6) is 0 Å². The Balaban J connectivity index is 1.82. The van der Waals surface area contributed by atoms with E-state index in [-0.39, 0.29) is 17.3 Å². The average molecular weight is 368 g/mol. The van der Waals surface area contributed by atoms with Crippen molar-refractivity contribution in [3.05, 3.63) is 63.1 Å². The fourth-order valence-electron chi connectivity index (χ4n) is 3.11. The number of rotatable bonds is 8. The Hall–Kier alpha value is -2.96. The summed E-state index contributed by atoms with van der Waals surface area (Å²) >= 11 is 0. The maximum Gasteiger partial charge on any atom is 0.330 e. The number of imidazole rings is 1. The Labute approximate surface area is 156 Å². The van der Waals surface area contributed by atoms with Gasteiger partial charge in [0.2, 0.25) is 0 Å². The van der Waals surface area contributed by atoms with E-state index in [1.165, 1.54) is 4.57 Å². The standard InChI is InChI=1S/C20H24N4O3/c1-14(15(2)25)8-6-7-11-24-19(26)17-18(22-20(24)27)21-13-23(17)12-16-9-4-3-5-10-16/h3-5,9-10,13-14H,6-8,11-12H2,1-2H3,(H,22,27). The lowest BCUT2D eigenvalue weighted by molar-refractivity contribution is -0.120. The van der Waals surface area contributed by atoms with Crippen molar-refractivity contribution in [2.75, 3.05) is 0 Å². The van der Waals surface area contributed by atoms with E-state index in [2.05, 4.69) is 9.97 Å². The summed E-state index contributed by atoms with van der Waals surface area (Å²) in [5, 5.41) is 0. The topological polar surface area (TPSA) is 89.8 Å². The number of Topliss-reactive ketones (excluding diaryl/α,β-unsaturated/α-hetero) is 1. The molecule has 0 aliphatic heterocycles. The molecule has 3 rings (SSSR count). The van der Waals surface area contributed by atoms with Crippen molar-refractivity contribution in [1.82, 2.24) is 19.1 Å². The molecule has 0 aliphatic rings. The summed E-state index contributed by atoms with van der Waals surface area (Å²) in [6, 6.07) is 9.78. The number of benzene rings is 1. The van der Waals surface area contributed by atoms with Crippen LogP contribution in [-0.4, -0.2) is 24.9 Å². The van der Waals surface area contributed by atoms with Gasteiger partial charge in [-0.1, -0.05) is 43.7 Å². The third-order valence-corrected chi connectivity index (χ3v) is 4.91. The molecule has 0 spiro atoms. The van der Waals surface area contributed by atoms with Crippen molar-refractivity contribution in [3.8, 4) is 0 Å². The molecule has 2 heterocycles. The molecule has 142 valence electrons. The van der Waals surface area contributed by atoms with Crippen molar-refractivity contribution in [1.29, 1.82) is 0 Å². The van der Waals surface area contributed by atoms with E-state index in [1.807, 2.05) is 37.3 Å². The summed E-state index contributed by atoms with van der Waals surface area (Å²) < 4.78 is 2.99. The number of unbranched alkanes of at least 4 members (excludes halogenated alkanes) is 1. The third kappa shape index (κ3) is 4.24. The predicted molar refractivity (Wildman–Crippen MR) is 104 cm³/mol. The molecule has 7 nitrogen and oxygen atoms in total. The highest BCUT2D eigenvalue weighted by atomic mass is 16.2. The van der Waals surface area contributed by atoms with Gasteiger partial charge in [-0.25, -0.2) is 9.78 Å². The Morgan fingerprint density at radius 1 is 1.19 bits per heavy atom. The number of nitrogens with zero attached hydrogens (tertiary/aromatic N) is 3. The quantitative estimate of drug-likeness (QED) is 0.618. The van der Waals surface area contributed by atoms with Crippen LogP contribution in [0, 0.1) is 5.92 Å². The highest BCUT2D eigenvalue weighted by molar-refractivity contribution is 5.77. The summed E-state index contributed by atoms with van der Waals surface area (Å²) in [5.41, 5.74) is 0.976. The Morgan fingerprint density at radius 2 is 1.93 bits per heavy atom. The first-order chi connectivity index (χ1) is 13.0. The van der Waals surface area contributed by atoms with Crippen LogP contribution >= 0.6 is 0 Å². The number of H-pyrrole nitrogens is 1. The van der Waals surface area contributed by atoms with Gasteiger partial charge in [-0.15, -0.1) is 0 Å². The molecular weight excluding hydrogens is 344 g/mol. The lowest BCUT2D eigenvalue weighted by atomic mass is 10.0. The van der Waals surface area contributed by atoms with Crippen LogP contribution < -0.4 is 11.2 Å². The molecule has 0 saturated heterocycles. The van der Waals surface area contributed by atoms with Gasteiger partial charge in [-0.05, 0) is 25.3 Å². The maximum atomic E-state index is 12.9. The second kappa shape index (κ2) is 8.16. The van der Waals surface area contributed by atoms with E-state index < -0.39 is 5.69 Å². The Kier molecular flexibility index (Phi) is 5.69. The minimum atomic E-state index is -0.447. The average Bonchev–Trinajstić information content (AvgIpc) is 3.04. The molecule has 0 fully saturated rings. The summed E-state index contributed by atoms with van der Waals surface area (Å²) in [5.74, 6) is 0.172. The molecule has 2 aromatic heterocycles. The number of fused-ring (bicyclic) bond motifs is 1. The lowest BCUT2D eigenvalue weighted by Gasteiger charge is -2.09.